The van der Waals surface area contributed by atoms with Crippen LogP contribution in [0, 0.1) is 0 Å². The standard InChI is InChI=1S/C31H24N2/c1-2-3-5-12-22-21-31(23-13-6-4-7-14-23,30-17-10-11-18-32-30)27-20-29-26(19-25(22)27)24-15-8-9-16-28(24)33-29/h2-21,33H,1H3/b3-2-,12-5-. The van der Waals surface area contributed by atoms with Gasteiger partial charge in [-0.05, 0) is 59.5 Å². The molecule has 2 nitrogen and oxygen atoms in total. The zero-order valence-electron chi connectivity index (χ0n) is 18.5. The molecule has 0 spiro atoms. The smallest absolute Gasteiger partial charge is 0.0820 e. The van der Waals surface area contributed by atoms with Crippen LogP contribution in [0.1, 0.15) is 29.3 Å². The molecule has 1 aliphatic carbocycles. The molecule has 3 aromatic carbocycles. The number of benzene rings is 3. The van der Waals surface area contributed by atoms with Crippen LogP contribution in [0.5, 0.6) is 0 Å². The lowest BCUT2D eigenvalue weighted by atomic mass is 9.73. The molecule has 2 heterocycles. The highest BCUT2D eigenvalue weighted by molar-refractivity contribution is 6.09. The Morgan fingerprint density at radius 2 is 1.61 bits per heavy atom. The average Bonchev–Trinajstić information content (AvgIpc) is 3.40. The third kappa shape index (κ3) is 2.99. The maximum atomic E-state index is 4.87. The van der Waals surface area contributed by atoms with Crippen LogP contribution in [0.4, 0.5) is 0 Å². The number of fused-ring (bicyclic) bond motifs is 4. The summed E-state index contributed by atoms with van der Waals surface area (Å²) in [6.07, 6.45) is 12.7. The van der Waals surface area contributed by atoms with Crippen molar-refractivity contribution < 1.29 is 0 Å². The second-order valence-corrected chi connectivity index (χ2v) is 8.49. The maximum absolute atomic E-state index is 4.87. The number of nitrogens with zero attached hydrogens (tertiary/aromatic N) is 1. The number of aromatic nitrogens is 2. The largest absolute Gasteiger partial charge is 0.355 e. The van der Waals surface area contributed by atoms with Crippen molar-refractivity contribution in [1.29, 1.82) is 0 Å². The van der Waals surface area contributed by atoms with E-state index in [0.29, 0.717) is 0 Å². The number of pyridine rings is 1. The van der Waals surface area contributed by atoms with Gasteiger partial charge in [-0.2, -0.15) is 0 Å². The van der Waals surface area contributed by atoms with E-state index in [-0.39, 0.29) is 0 Å². The van der Waals surface area contributed by atoms with E-state index < -0.39 is 5.41 Å². The molecule has 0 bridgehead atoms. The lowest BCUT2D eigenvalue weighted by molar-refractivity contribution is 0.758. The summed E-state index contributed by atoms with van der Waals surface area (Å²) in [7, 11) is 0. The summed E-state index contributed by atoms with van der Waals surface area (Å²) in [6.45, 7) is 2.04. The molecule has 0 radical (unpaired) electrons. The number of H-pyrrole nitrogens is 1. The molecule has 0 aliphatic heterocycles. The Labute approximate surface area is 193 Å². The molecule has 0 amide bonds. The molecule has 158 valence electrons. The van der Waals surface area contributed by atoms with Crippen LogP contribution in [0.25, 0.3) is 27.4 Å². The zero-order chi connectivity index (χ0) is 22.3. The molecule has 33 heavy (non-hydrogen) atoms. The molecular weight excluding hydrogens is 400 g/mol. The summed E-state index contributed by atoms with van der Waals surface area (Å²) in [5.41, 5.74) is 7.82. The van der Waals surface area contributed by atoms with Crippen LogP contribution in [0.15, 0.2) is 122 Å². The Bertz CT molecular complexity index is 1510. The molecule has 0 saturated carbocycles. The number of hydrogen-bond acceptors (Lipinski definition) is 1. The van der Waals surface area contributed by atoms with Crippen molar-refractivity contribution >= 4 is 27.4 Å². The minimum Gasteiger partial charge on any atom is -0.355 e. The minimum atomic E-state index is -0.459. The lowest BCUT2D eigenvalue weighted by Crippen LogP contribution is -2.26. The molecule has 6 rings (SSSR count). The Kier molecular flexibility index (Phi) is 4.58. The highest BCUT2D eigenvalue weighted by Crippen LogP contribution is 2.50. The van der Waals surface area contributed by atoms with Gasteiger partial charge in [-0.15, -0.1) is 0 Å². The number of allylic oxidation sites excluding steroid dienone is 6. The van der Waals surface area contributed by atoms with Crippen LogP contribution < -0.4 is 0 Å². The Morgan fingerprint density at radius 3 is 2.42 bits per heavy atom. The van der Waals surface area contributed by atoms with Gasteiger partial charge in [0, 0.05) is 28.0 Å². The molecule has 2 heteroatoms. The van der Waals surface area contributed by atoms with E-state index in [1.54, 1.807) is 0 Å². The van der Waals surface area contributed by atoms with Gasteiger partial charge in [0.05, 0.1) is 11.1 Å². The topological polar surface area (TPSA) is 28.7 Å². The molecule has 2 aromatic heterocycles. The van der Waals surface area contributed by atoms with Crippen LogP contribution >= 0.6 is 0 Å². The van der Waals surface area contributed by atoms with Gasteiger partial charge in [0.25, 0.3) is 0 Å². The van der Waals surface area contributed by atoms with Gasteiger partial charge >= 0.3 is 0 Å². The van der Waals surface area contributed by atoms with E-state index in [1.165, 1.54) is 33.0 Å². The molecule has 1 unspecified atom stereocenters. The van der Waals surface area contributed by atoms with E-state index in [2.05, 4.69) is 114 Å². The van der Waals surface area contributed by atoms with Gasteiger partial charge in [0.15, 0.2) is 0 Å². The number of nitrogens with one attached hydrogen (secondary N) is 1. The molecule has 5 aromatic rings. The maximum Gasteiger partial charge on any atom is 0.0820 e. The predicted octanol–water partition coefficient (Wildman–Crippen LogP) is 7.58. The summed E-state index contributed by atoms with van der Waals surface area (Å²) < 4.78 is 0. The van der Waals surface area contributed by atoms with Crippen LogP contribution in [-0.4, -0.2) is 9.97 Å². The molecule has 0 fully saturated rings. The first-order valence-electron chi connectivity index (χ1n) is 11.4. The molecule has 1 aliphatic rings. The van der Waals surface area contributed by atoms with Crippen LogP contribution in [0.3, 0.4) is 0 Å². The van der Waals surface area contributed by atoms with Gasteiger partial charge in [-0.25, -0.2) is 0 Å². The van der Waals surface area contributed by atoms with Crippen molar-refractivity contribution in [3.8, 4) is 0 Å². The van der Waals surface area contributed by atoms with Crippen molar-refractivity contribution in [2.45, 2.75) is 12.3 Å². The summed E-state index contributed by atoms with van der Waals surface area (Å²) >= 11 is 0. The first-order chi connectivity index (χ1) is 16.3. The molecule has 0 saturated heterocycles. The second-order valence-electron chi connectivity index (χ2n) is 8.49. The highest BCUT2D eigenvalue weighted by Gasteiger charge is 2.42. The lowest BCUT2D eigenvalue weighted by Gasteiger charge is -2.29. The summed E-state index contributed by atoms with van der Waals surface area (Å²) in [4.78, 5) is 8.51. The Morgan fingerprint density at radius 1 is 0.788 bits per heavy atom. The Hall–Kier alpha value is -4.17. The van der Waals surface area contributed by atoms with E-state index in [1.807, 2.05) is 19.2 Å². The van der Waals surface area contributed by atoms with Gasteiger partial charge in [0.2, 0.25) is 0 Å². The van der Waals surface area contributed by atoms with E-state index in [0.717, 1.165) is 16.7 Å². The van der Waals surface area contributed by atoms with Gasteiger partial charge in [0.1, 0.15) is 0 Å². The first kappa shape index (κ1) is 19.5. The highest BCUT2D eigenvalue weighted by atomic mass is 14.7. The first-order valence-corrected chi connectivity index (χ1v) is 11.4. The van der Waals surface area contributed by atoms with Crippen molar-refractivity contribution in [3.05, 3.63) is 144 Å². The van der Waals surface area contributed by atoms with Crippen molar-refractivity contribution in [1.82, 2.24) is 9.97 Å². The number of aromatic amines is 1. The summed E-state index contributed by atoms with van der Waals surface area (Å²) in [5, 5.41) is 2.50. The van der Waals surface area contributed by atoms with Crippen molar-refractivity contribution in [2.75, 3.05) is 0 Å². The van der Waals surface area contributed by atoms with Crippen molar-refractivity contribution in [3.63, 3.8) is 0 Å². The fraction of sp³-hybridized carbons (Fsp3) is 0.0645. The SMILES string of the molecule is C/C=C\C=C/C1=CC(c2ccccc2)(c2ccccn2)c2cc3[nH]c4ccccc4c3cc21. The van der Waals surface area contributed by atoms with Crippen molar-refractivity contribution in [2.24, 2.45) is 0 Å². The van der Waals surface area contributed by atoms with Gasteiger partial charge in [-0.3, -0.25) is 4.98 Å². The van der Waals surface area contributed by atoms with E-state index in [9.17, 15) is 0 Å². The van der Waals surface area contributed by atoms with E-state index >= 15 is 0 Å². The zero-order valence-corrected chi connectivity index (χ0v) is 18.5. The Balaban J connectivity index is 1.73. The molecule has 1 atom stereocenters. The number of rotatable bonds is 4. The quantitative estimate of drug-likeness (QED) is 0.296. The van der Waals surface area contributed by atoms with Crippen LogP contribution in [-0.2, 0) is 5.41 Å². The summed E-state index contributed by atoms with van der Waals surface area (Å²) in [6, 6.07) is 30.1. The fourth-order valence-electron chi connectivity index (χ4n) is 5.16. The van der Waals surface area contributed by atoms with Crippen LogP contribution in [0.2, 0.25) is 0 Å². The van der Waals surface area contributed by atoms with E-state index in [4.69, 9.17) is 4.98 Å². The van der Waals surface area contributed by atoms with Gasteiger partial charge in [-0.1, -0.05) is 85.0 Å². The number of para-hydroxylation sites is 1. The predicted molar refractivity (Wildman–Crippen MR) is 138 cm³/mol. The number of hydrogen-bond donors (Lipinski definition) is 1. The fourth-order valence-corrected chi connectivity index (χ4v) is 5.16. The summed E-state index contributed by atoms with van der Waals surface area (Å²) in [5.74, 6) is 0. The second kappa shape index (κ2) is 7.75. The third-order valence-corrected chi connectivity index (χ3v) is 6.63. The molecule has 1 N–H and O–H groups in total. The third-order valence-electron chi connectivity index (χ3n) is 6.63. The monoisotopic (exact) mass is 424 g/mol. The van der Waals surface area contributed by atoms with Gasteiger partial charge < -0.3 is 4.98 Å². The average molecular weight is 425 g/mol. The normalized spacial score (nSPS) is 17.9. The molecular formula is C31H24N2. The minimum absolute atomic E-state index is 0.459.